The highest BCUT2D eigenvalue weighted by Crippen LogP contribution is 2.33. The van der Waals surface area contributed by atoms with Crippen LogP contribution in [0.2, 0.25) is 0 Å². The van der Waals surface area contributed by atoms with Crippen LogP contribution < -0.4 is 0 Å². The molecule has 2 N–H and O–H groups in total. The van der Waals surface area contributed by atoms with E-state index in [2.05, 4.69) is 10.2 Å². The molecule has 0 atom stereocenters. The highest BCUT2D eigenvalue weighted by Gasteiger charge is 2.37. The standard InChI is InChI=1S/C8H11F3N2O/c1-4(2)6-5(3-14)7(13-12-6)8(9,10)11/h4,14H,3H2,1-2H3,(H,12,13). The number of rotatable bonds is 2. The van der Waals surface area contributed by atoms with Crippen molar-refractivity contribution < 1.29 is 18.3 Å². The third-order valence-electron chi connectivity index (χ3n) is 1.90. The van der Waals surface area contributed by atoms with Crippen LogP contribution in [0.5, 0.6) is 0 Å². The zero-order valence-corrected chi connectivity index (χ0v) is 7.81. The number of hydrogen-bond donors (Lipinski definition) is 2. The van der Waals surface area contributed by atoms with Crippen molar-refractivity contribution >= 4 is 0 Å². The summed E-state index contributed by atoms with van der Waals surface area (Å²) in [5, 5.41) is 14.3. The minimum Gasteiger partial charge on any atom is -0.392 e. The first kappa shape index (κ1) is 11.0. The summed E-state index contributed by atoms with van der Waals surface area (Å²) in [4.78, 5) is 0. The van der Waals surface area contributed by atoms with E-state index in [-0.39, 0.29) is 11.5 Å². The number of aliphatic hydroxyl groups is 1. The summed E-state index contributed by atoms with van der Waals surface area (Å²) in [6, 6.07) is 0. The number of nitrogens with one attached hydrogen (secondary N) is 1. The van der Waals surface area contributed by atoms with Crippen LogP contribution in [0.3, 0.4) is 0 Å². The largest absolute Gasteiger partial charge is 0.435 e. The van der Waals surface area contributed by atoms with Crippen LogP contribution in [0.4, 0.5) is 13.2 Å². The summed E-state index contributed by atoms with van der Waals surface area (Å²) in [6.45, 7) is 2.80. The second-order valence-electron chi connectivity index (χ2n) is 3.28. The molecule has 0 aliphatic heterocycles. The van der Waals surface area contributed by atoms with E-state index in [1.165, 1.54) is 0 Å². The Hall–Kier alpha value is -1.04. The van der Waals surface area contributed by atoms with Gasteiger partial charge in [-0.25, -0.2) is 0 Å². The second-order valence-corrected chi connectivity index (χ2v) is 3.28. The van der Waals surface area contributed by atoms with Crippen LogP contribution in [0, 0.1) is 0 Å². The number of aromatic nitrogens is 2. The van der Waals surface area contributed by atoms with Crippen molar-refractivity contribution in [2.24, 2.45) is 0 Å². The van der Waals surface area contributed by atoms with Gasteiger partial charge in [-0.05, 0) is 5.92 Å². The van der Waals surface area contributed by atoms with Crippen molar-refractivity contribution in [3.63, 3.8) is 0 Å². The molecular weight excluding hydrogens is 197 g/mol. The fraction of sp³-hybridized carbons (Fsp3) is 0.625. The van der Waals surface area contributed by atoms with Gasteiger partial charge >= 0.3 is 6.18 Å². The topological polar surface area (TPSA) is 48.9 Å². The Morgan fingerprint density at radius 1 is 1.43 bits per heavy atom. The molecule has 0 amide bonds. The van der Waals surface area contributed by atoms with Crippen LogP contribution in [0.1, 0.15) is 36.7 Å². The average Bonchev–Trinajstić information content (AvgIpc) is 2.45. The van der Waals surface area contributed by atoms with Gasteiger partial charge in [0, 0.05) is 11.3 Å². The molecule has 0 fully saturated rings. The Balaban J connectivity index is 3.21. The molecule has 0 unspecified atom stereocenters. The van der Waals surface area contributed by atoms with Gasteiger partial charge in [-0.3, -0.25) is 5.10 Å². The zero-order valence-electron chi connectivity index (χ0n) is 7.81. The lowest BCUT2D eigenvalue weighted by atomic mass is 10.0. The molecule has 0 aromatic carbocycles. The molecule has 80 valence electrons. The molecule has 0 saturated carbocycles. The SMILES string of the molecule is CC(C)c1[nH]nc(C(F)(F)F)c1CO. The average molecular weight is 208 g/mol. The minimum atomic E-state index is -4.51. The molecule has 1 aromatic heterocycles. The van der Waals surface area contributed by atoms with Crippen molar-refractivity contribution in [1.29, 1.82) is 0 Å². The molecular formula is C8H11F3N2O. The number of nitrogens with zero attached hydrogens (tertiary/aromatic N) is 1. The maximum absolute atomic E-state index is 12.3. The van der Waals surface area contributed by atoms with E-state index >= 15 is 0 Å². The Morgan fingerprint density at radius 2 is 2.00 bits per heavy atom. The predicted octanol–water partition coefficient (Wildman–Crippen LogP) is 2.04. The van der Waals surface area contributed by atoms with Crippen molar-refractivity contribution in [2.45, 2.75) is 32.5 Å². The van der Waals surface area contributed by atoms with Crippen molar-refractivity contribution in [3.8, 4) is 0 Å². The van der Waals surface area contributed by atoms with E-state index in [0.29, 0.717) is 5.69 Å². The summed E-state index contributed by atoms with van der Waals surface area (Å²) >= 11 is 0. The molecule has 6 heteroatoms. The predicted molar refractivity (Wildman–Crippen MR) is 43.6 cm³/mol. The van der Waals surface area contributed by atoms with E-state index in [9.17, 15) is 13.2 Å². The monoisotopic (exact) mass is 208 g/mol. The number of hydrogen-bond acceptors (Lipinski definition) is 2. The molecule has 0 aliphatic carbocycles. The third kappa shape index (κ3) is 1.89. The van der Waals surface area contributed by atoms with Crippen LogP contribution in [-0.2, 0) is 12.8 Å². The van der Waals surface area contributed by atoms with Gasteiger partial charge < -0.3 is 5.11 Å². The molecule has 0 spiro atoms. The lowest BCUT2D eigenvalue weighted by molar-refractivity contribution is -0.142. The second kappa shape index (κ2) is 3.61. The Morgan fingerprint density at radius 3 is 2.36 bits per heavy atom. The summed E-state index contributed by atoms with van der Waals surface area (Å²) in [5.74, 6) is -0.124. The van der Waals surface area contributed by atoms with Crippen molar-refractivity contribution in [2.75, 3.05) is 0 Å². The maximum Gasteiger partial charge on any atom is 0.435 e. The molecule has 3 nitrogen and oxygen atoms in total. The quantitative estimate of drug-likeness (QED) is 0.781. The van der Waals surface area contributed by atoms with Gasteiger partial charge in [0.1, 0.15) is 0 Å². The van der Waals surface area contributed by atoms with Crippen molar-refractivity contribution in [3.05, 3.63) is 17.0 Å². The van der Waals surface area contributed by atoms with Gasteiger partial charge in [0.25, 0.3) is 0 Å². The van der Waals surface area contributed by atoms with Crippen LogP contribution in [0.25, 0.3) is 0 Å². The molecule has 1 heterocycles. The number of H-pyrrole nitrogens is 1. The van der Waals surface area contributed by atoms with Gasteiger partial charge in [-0.2, -0.15) is 18.3 Å². The summed E-state index contributed by atoms with van der Waals surface area (Å²) in [7, 11) is 0. The summed E-state index contributed by atoms with van der Waals surface area (Å²) < 4.78 is 37.0. The van der Waals surface area contributed by atoms with E-state index in [1.807, 2.05) is 0 Å². The number of halogens is 3. The summed E-state index contributed by atoms with van der Waals surface area (Å²) in [6.07, 6.45) is -4.51. The fourth-order valence-electron chi connectivity index (χ4n) is 1.25. The third-order valence-corrected chi connectivity index (χ3v) is 1.90. The maximum atomic E-state index is 12.3. The highest BCUT2D eigenvalue weighted by molar-refractivity contribution is 5.28. The lowest BCUT2D eigenvalue weighted by Gasteiger charge is -2.07. The number of aliphatic hydroxyl groups excluding tert-OH is 1. The Bertz CT molecular complexity index is 317. The van der Waals surface area contributed by atoms with Crippen LogP contribution in [-0.4, -0.2) is 15.3 Å². The van der Waals surface area contributed by atoms with E-state index in [1.54, 1.807) is 13.8 Å². The molecule has 1 aromatic rings. The smallest absolute Gasteiger partial charge is 0.392 e. The molecule has 14 heavy (non-hydrogen) atoms. The molecule has 1 rings (SSSR count). The Labute approximate surface area is 78.9 Å². The first-order valence-corrected chi connectivity index (χ1v) is 4.13. The van der Waals surface area contributed by atoms with E-state index in [4.69, 9.17) is 5.11 Å². The molecule has 0 radical (unpaired) electrons. The van der Waals surface area contributed by atoms with E-state index in [0.717, 1.165) is 0 Å². The highest BCUT2D eigenvalue weighted by atomic mass is 19.4. The lowest BCUT2D eigenvalue weighted by Crippen LogP contribution is -2.09. The molecule has 0 aliphatic rings. The minimum absolute atomic E-state index is 0.124. The van der Waals surface area contributed by atoms with Crippen LogP contribution >= 0.6 is 0 Å². The number of aromatic amines is 1. The zero-order chi connectivity index (χ0) is 10.9. The fourth-order valence-corrected chi connectivity index (χ4v) is 1.25. The normalized spacial score (nSPS) is 12.5. The first-order chi connectivity index (χ1) is 6.38. The molecule has 0 bridgehead atoms. The van der Waals surface area contributed by atoms with Gasteiger partial charge in [-0.15, -0.1) is 0 Å². The van der Waals surface area contributed by atoms with Crippen molar-refractivity contribution in [1.82, 2.24) is 10.2 Å². The first-order valence-electron chi connectivity index (χ1n) is 4.13. The van der Waals surface area contributed by atoms with Crippen LogP contribution in [0.15, 0.2) is 0 Å². The summed E-state index contributed by atoms with van der Waals surface area (Å²) in [5.41, 5.74) is -0.851. The Kier molecular flexibility index (Phi) is 2.84. The van der Waals surface area contributed by atoms with Gasteiger partial charge in [0.2, 0.25) is 0 Å². The molecule has 0 saturated heterocycles. The van der Waals surface area contributed by atoms with Gasteiger partial charge in [-0.1, -0.05) is 13.8 Å². The van der Waals surface area contributed by atoms with Gasteiger partial charge in [0.15, 0.2) is 5.69 Å². The van der Waals surface area contributed by atoms with E-state index < -0.39 is 18.5 Å². The van der Waals surface area contributed by atoms with Gasteiger partial charge in [0.05, 0.1) is 6.61 Å². The number of alkyl halides is 3.